The zero-order valence-electron chi connectivity index (χ0n) is 11.1. The third-order valence-electron chi connectivity index (χ3n) is 2.97. The SMILES string of the molecule is CCCCCC#CC(C)(OC)c1ccccc1. The Labute approximate surface area is 105 Å². The molecule has 1 atom stereocenters. The highest BCUT2D eigenvalue weighted by atomic mass is 16.5. The number of benzene rings is 1. The van der Waals surface area contributed by atoms with E-state index in [9.17, 15) is 0 Å². The van der Waals surface area contributed by atoms with Gasteiger partial charge in [0, 0.05) is 13.5 Å². The molecule has 0 aliphatic heterocycles. The quantitative estimate of drug-likeness (QED) is 0.546. The van der Waals surface area contributed by atoms with Crippen LogP contribution >= 0.6 is 0 Å². The zero-order chi connectivity index (χ0) is 12.6. The number of ether oxygens (including phenoxy) is 1. The molecule has 0 fully saturated rings. The Bertz CT molecular complexity index is 372. The summed E-state index contributed by atoms with van der Waals surface area (Å²) in [5.41, 5.74) is 0.638. The van der Waals surface area contributed by atoms with Gasteiger partial charge in [0.05, 0.1) is 0 Å². The molecule has 1 unspecified atom stereocenters. The third-order valence-corrected chi connectivity index (χ3v) is 2.97. The standard InChI is InChI=1S/C16H22O/c1-4-5-6-7-11-14-16(2,17-3)15-12-9-8-10-13-15/h8-10,12-13H,4-7H2,1-3H3. The molecule has 0 aromatic heterocycles. The molecule has 17 heavy (non-hydrogen) atoms. The van der Waals surface area contributed by atoms with Gasteiger partial charge in [0.25, 0.3) is 0 Å². The van der Waals surface area contributed by atoms with E-state index in [1.807, 2.05) is 25.1 Å². The van der Waals surface area contributed by atoms with Crippen LogP contribution in [-0.2, 0) is 10.3 Å². The molecule has 0 N–H and O–H groups in total. The van der Waals surface area contributed by atoms with Crippen LogP contribution in [-0.4, -0.2) is 7.11 Å². The summed E-state index contributed by atoms with van der Waals surface area (Å²) < 4.78 is 5.56. The van der Waals surface area contributed by atoms with Crippen molar-refractivity contribution < 1.29 is 4.74 Å². The van der Waals surface area contributed by atoms with E-state index >= 15 is 0 Å². The molecule has 1 heteroatoms. The van der Waals surface area contributed by atoms with E-state index in [1.165, 1.54) is 19.3 Å². The van der Waals surface area contributed by atoms with Gasteiger partial charge in [-0.1, -0.05) is 61.9 Å². The van der Waals surface area contributed by atoms with Gasteiger partial charge in [0.1, 0.15) is 0 Å². The van der Waals surface area contributed by atoms with Crippen molar-refractivity contribution in [2.45, 2.75) is 45.1 Å². The Morgan fingerprint density at radius 2 is 1.88 bits per heavy atom. The molecule has 0 aliphatic carbocycles. The van der Waals surface area contributed by atoms with E-state index in [-0.39, 0.29) is 0 Å². The number of hydrogen-bond donors (Lipinski definition) is 0. The number of rotatable bonds is 5. The number of hydrogen-bond acceptors (Lipinski definition) is 1. The molecule has 1 nitrogen and oxygen atoms in total. The Kier molecular flexibility index (Phi) is 5.80. The highest BCUT2D eigenvalue weighted by Crippen LogP contribution is 2.23. The van der Waals surface area contributed by atoms with Crippen LogP contribution < -0.4 is 0 Å². The fourth-order valence-electron chi connectivity index (χ4n) is 1.69. The number of unbranched alkanes of at least 4 members (excludes halogenated alkanes) is 3. The Morgan fingerprint density at radius 3 is 2.47 bits per heavy atom. The summed E-state index contributed by atoms with van der Waals surface area (Å²) in [4.78, 5) is 0. The first-order valence-electron chi connectivity index (χ1n) is 6.33. The average molecular weight is 230 g/mol. The van der Waals surface area contributed by atoms with Gasteiger partial charge >= 0.3 is 0 Å². The minimum atomic E-state index is -0.479. The van der Waals surface area contributed by atoms with Crippen LogP contribution in [0.15, 0.2) is 30.3 Å². The lowest BCUT2D eigenvalue weighted by Crippen LogP contribution is -2.21. The van der Waals surface area contributed by atoms with Gasteiger partial charge in [-0.25, -0.2) is 0 Å². The summed E-state index contributed by atoms with van der Waals surface area (Å²) in [6.07, 6.45) is 4.63. The molecule has 0 saturated carbocycles. The maximum atomic E-state index is 5.56. The highest BCUT2D eigenvalue weighted by Gasteiger charge is 2.22. The number of methoxy groups -OCH3 is 1. The lowest BCUT2D eigenvalue weighted by Gasteiger charge is -2.22. The third kappa shape index (κ3) is 4.24. The topological polar surface area (TPSA) is 9.23 Å². The summed E-state index contributed by atoms with van der Waals surface area (Å²) in [7, 11) is 1.72. The summed E-state index contributed by atoms with van der Waals surface area (Å²) in [6, 6.07) is 10.2. The van der Waals surface area contributed by atoms with Gasteiger partial charge < -0.3 is 4.74 Å². The molecule has 1 aromatic carbocycles. The average Bonchev–Trinajstić information content (AvgIpc) is 2.39. The van der Waals surface area contributed by atoms with Gasteiger partial charge in [-0.2, -0.15) is 0 Å². The lowest BCUT2D eigenvalue weighted by atomic mass is 9.96. The van der Waals surface area contributed by atoms with Crippen LogP contribution in [0.3, 0.4) is 0 Å². The van der Waals surface area contributed by atoms with Crippen molar-refractivity contribution in [3.8, 4) is 11.8 Å². The summed E-state index contributed by atoms with van der Waals surface area (Å²) in [5.74, 6) is 6.48. The maximum Gasteiger partial charge on any atom is 0.150 e. The first kappa shape index (κ1) is 13.8. The van der Waals surface area contributed by atoms with E-state index in [0.29, 0.717) is 0 Å². The Morgan fingerprint density at radius 1 is 1.18 bits per heavy atom. The van der Waals surface area contributed by atoms with Crippen molar-refractivity contribution >= 4 is 0 Å². The largest absolute Gasteiger partial charge is 0.362 e. The second kappa shape index (κ2) is 7.14. The monoisotopic (exact) mass is 230 g/mol. The smallest absolute Gasteiger partial charge is 0.150 e. The molecular weight excluding hydrogens is 208 g/mol. The minimum Gasteiger partial charge on any atom is -0.362 e. The van der Waals surface area contributed by atoms with Crippen LogP contribution in [0.1, 0.15) is 45.1 Å². The molecule has 0 radical (unpaired) electrons. The zero-order valence-corrected chi connectivity index (χ0v) is 11.1. The molecule has 0 amide bonds. The summed E-state index contributed by atoms with van der Waals surface area (Å²) in [5, 5.41) is 0. The van der Waals surface area contributed by atoms with Crippen LogP contribution in [0.2, 0.25) is 0 Å². The molecule has 0 spiro atoms. The van der Waals surface area contributed by atoms with E-state index in [4.69, 9.17) is 4.74 Å². The fraction of sp³-hybridized carbons (Fsp3) is 0.500. The predicted octanol–water partition coefficient (Wildman–Crippen LogP) is 4.13. The lowest BCUT2D eigenvalue weighted by molar-refractivity contribution is 0.0551. The molecule has 1 aromatic rings. The first-order chi connectivity index (χ1) is 8.23. The predicted molar refractivity (Wildman–Crippen MR) is 72.7 cm³/mol. The fourth-order valence-corrected chi connectivity index (χ4v) is 1.69. The van der Waals surface area contributed by atoms with Crippen LogP contribution in [0.4, 0.5) is 0 Å². The van der Waals surface area contributed by atoms with Crippen LogP contribution in [0, 0.1) is 11.8 Å². The van der Waals surface area contributed by atoms with Gasteiger partial charge in [-0.3, -0.25) is 0 Å². The maximum absolute atomic E-state index is 5.56. The van der Waals surface area contributed by atoms with Crippen molar-refractivity contribution in [1.29, 1.82) is 0 Å². The highest BCUT2D eigenvalue weighted by molar-refractivity contribution is 5.31. The van der Waals surface area contributed by atoms with Crippen LogP contribution in [0.5, 0.6) is 0 Å². The van der Waals surface area contributed by atoms with Gasteiger partial charge in [0.15, 0.2) is 5.60 Å². The van der Waals surface area contributed by atoms with Crippen molar-refractivity contribution in [3.63, 3.8) is 0 Å². The second-order valence-corrected chi connectivity index (χ2v) is 4.36. The van der Waals surface area contributed by atoms with E-state index < -0.39 is 5.60 Å². The van der Waals surface area contributed by atoms with Gasteiger partial charge in [-0.05, 0) is 18.9 Å². The molecular formula is C16H22O. The first-order valence-corrected chi connectivity index (χ1v) is 6.33. The van der Waals surface area contributed by atoms with Crippen LogP contribution in [0.25, 0.3) is 0 Å². The van der Waals surface area contributed by atoms with E-state index in [1.54, 1.807) is 7.11 Å². The van der Waals surface area contributed by atoms with Crippen molar-refractivity contribution in [2.24, 2.45) is 0 Å². The molecule has 0 saturated heterocycles. The van der Waals surface area contributed by atoms with E-state index in [0.717, 1.165) is 12.0 Å². The molecule has 0 bridgehead atoms. The normalized spacial score (nSPS) is 13.6. The molecule has 92 valence electrons. The summed E-state index contributed by atoms with van der Waals surface area (Å²) in [6.45, 7) is 4.23. The Hall–Kier alpha value is -1.26. The van der Waals surface area contributed by atoms with Gasteiger partial charge in [-0.15, -0.1) is 0 Å². The molecule has 0 heterocycles. The minimum absolute atomic E-state index is 0.479. The van der Waals surface area contributed by atoms with Crippen molar-refractivity contribution in [1.82, 2.24) is 0 Å². The van der Waals surface area contributed by atoms with Crippen molar-refractivity contribution in [3.05, 3.63) is 35.9 Å². The second-order valence-electron chi connectivity index (χ2n) is 4.36. The van der Waals surface area contributed by atoms with E-state index in [2.05, 4.69) is 30.9 Å². The molecule has 1 rings (SSSR count). The summed E-state index contributed by atoms with van der Waals surface area (Å²) >= 11 is 0. The van der Waals surface area contributed by atoms with Gasteiger partial charge in [0.2, 0.25) is 0 Å². The molecule has 0 aliphatic rings. The Balaban J connectivity index is 2.69. The van der Waals surface area contributed by atoms with Crippen molar-refractivity contribution in [2.75, 3.05) is 7.11 Å².